The predicted octanol–water partition coefficient (Wildman–Crippen LogP) is 0.857. The Hall–Kier alpha value is -1.69. The third-order valence-corrected chi connectivity index (χ3v) is 4.38. The minimum Gasteiger partial charge on any atom is -0.363 e. The molecule has 2 fully saturated rings. The Kier molecular flexibility index (Phi) is 3.80. The van der Waals surface area contributed by atoms with Crippen molar-refractivity contribution in [2.24, 2.45) is 5.92 Å². The second-order valence-electron chi connectivity index (χ2n) is 6.16. The molecule has 1 aromatic heterocycles. The van der Waals surface area contributed by atoms with Crippen LogP contribution in [0, 0.1) is 12.8 Å². The van der Waals surface area contributed by atoms with Gasteiger partial charge in [0.15, 0.2) is 5.82 Å². The molecule has 0 aromatic carbocycles. The maximum atomic E-state index is 12.0. The summed E-state index contributed by atoms with van der Waals surface area (Å²) < 4.78 is 5.98. The number of ether oxygens (including phenoxy) is 1. The van der Waals surface area contributed by atoms with Gasteiger partial charge >= 0.3 is 0 Å². The summed E-state index contributed by atoms with van der Waals surface area (Å²) in [7, 11) is 3.56. The summed E-state index contributed by atoms with van der Waals surface area (Å²) in [5.74, 6) is 1.45. The molecule has 0 radical (unpaired) electrons. The molecule has 3 atom stereocenters. The van der Waals surface area contributed by atoms with Crippen LogP contribution < -0.4 is 4.90 Å². The highest BCUT2D eigenvalue weighted by Crippen LogP contribution is 2.34. The van der Waals surface area contributed by atoms with E-state index in [4.69, 9.17) is 4.74 Å². The number of rotatable bonds is 2. The van der Waals surface area contributed by atoms with Crippen LogP contribution in [-0.2, 0) is 9.53 Å². The zero-order valence-electron chi connectivity index (χ0n) is 12.8. The Morgan fingerprint density at radius 3 is 2.86 bits per heavy atom. The van der Waals surface area contributed by atoms with Crippen molar-refractivity contribution in [1.82, 2.24) is 15.1 Å². The van der Waals surface area contributed by atoms with Crippen molar-refractivity contribution in [2.75, 3.05) is 32.1 Å². The topological polar surface area (TPSA) is 58.6 Å². The molecule has 0 saturated carbocycles. The molecule has 114 valence electrons. The van der Waals surface area contributed by atoms with Crippen molar-refractivity contribution in [2.45, 2.75) is 32.0 Å². The third-order valence-electron chi connectivity index (χ3n) is 4.38. The van der Waals surface area contributed by atoms with E-state index in [-0.39, 0.29) is 18.1 Å². The number of fused-ring (bicyclic) bond motifs is 1. The fourth-order valence-corrected chi connectivity index (χ4v) is 3.15. The van der Waals surface area contributed by atoms with Gasteiger partial charge in [-0.1, -0.05) is 0 Å². The maximum Gasteiger partial charge on any atom is 0.251 e. The molecule has 3 rings (SSSR count). The number of likely N-dealkylation sites (N-methyl/N-ethyl adjacent to an activating group) is 1. The number of carbonyl (C=O) groups excluding carboxylic acids is 1. The molecule has 6 nitrogen and oxygen atoms in total. The minimum atomic E-state index is -0.279. The number of nitrogens with zero attached hydrogens (tertiary/aromatic N) is 4. The first-order valence-electron chi connectivity index (χ1n) is 7.46. The normalized spacial score (nSPS) is 28.3. The Labute approximate surface area is 125 Å². The summed E-state index contributed by atoms with van der Waals surface area (Å²) in [5.41, 5.74) is 0.919. The lowest BCUT2D eigenvalue weighted by Crippen LogP contribution is -2.43. The lowest BCUT2D eigenvalue weighted by atomic mass is 9.91. The number of aromatic nitrogens is 2. The Bertz CT molecular complexity index is 517. The third kappa shape index (κ3) is 2.85. The number of aryl methyl sites for hydroxylation is 1. The second-order valence-corrected chi connectivity index (χ2v) is 6.16. The Balaban J connectivity index is 1.66. The van der Waals surface area contributed by atoms with E-state index in [1.54, 1.807) is 19.0 Å². The summed E-state index contributed by atoms with van der Waals surface area (Å²) in [5, 5.41) is 8.36. The van der Waals surface area contributed by atoms with Crippen molar-refractivity contribution < 1.29 is 9.53 Å². The Morgan fingerprint density at radius 2 is 2.19 bits per heavy atom. The zero-order valence-corrected chi connectivity index (χ0v) is 12.8. The molecule has 6 heteroatoms. The predicted molar refractivity (Wildman–Crippen MR) is 79.1 cm³/mol. The van der Waals surface area contributed by atoms with Crippen LogP contribution in [0.15, 0.2) is 12.1 Å². The van der Waals surface area contributed by atoms with Crippen LogP contribution in [-0.4, -0.2) is 60.4 Å². The van der Waals surface area contributed by atoms with Gasteiger partial charge < -0.3 is 14.5 Å². The summed E-state index contributed by atoms with van der Waals surface area (Å²) in [6.45, 7) is 3.67. The summed E-state index contributed by atoms with van der Waals surface area (Å²) in [6, 6.07) is 3.97. The van der Waals surface area contributed by atoms with Crippen molar-refractivity contribution in [1.29, 1.82) is 0 Å². The second kappa shape index (κ2) is 5.60. The smallest absolute Gasteiger partial charge is 0.251 e. The largest absolute Gasteiger partial charge is 0.363 e. The quantitative estimate of drug-likeness (QED) is 0.808. The number of carbonyl (C=O) groups is 1. The molecule has 2 aliphatic rings. The summed E-state index contributed by atoms with van der Waals surface area (Å²) in [4.78, 5) is 15.9. The highest BCUT2D eigenvalue weighted by molar-refractivity contribution is 5.80. The van der Waals surface area contributed by atoms with Gasteiger partial charge in [-0.05, 0) is 37.8 Å². The molecular weight excluding hydrogens is 268 g/mol. The molecule has 1 aromatic rings. The van der Waals surface area contributed by atoms with E-state index in [0.29, 0.717) is 5.92 Å². The van der Waals surface area contributed by atoms with Crippen LogP contribution >= 0.6 is 0 Å². The minimum absolute atomic E-state index is 0.0751. The highest BCUT2D eigenvalue weighted by atomic mass is 16.5. The molecule has 0 spiro atoms. The first-order chi connectivity index (χ1) is 10.0. The average molecular weight is 290 g/mol. The first kappa shape index (κ1) is 14.3. The Morgan fingerprint density at radius 1 is 1.38 bits per heavy atom. The average Bonchev–Trinajstić information content (AvgIpc) is 2.89. The van der Waals surface area contributed by atoms with Gasteiger partial charge in [-0.25, -0.2) is 0 Å². The maximum absolute atomic E-state index is 12.0. The molecule has 21 heavy (non-hydrogen) atoms. The number of piperidine rings is 1. The van der Waals surface area contributed by atoms with Gasteiger partial charge in [0.05, 0.1) is 11.8 Å². The van der Waals surface area contributed by atoms with Crippen LogP contribution in [0.5, 0.6) is 0 Å². The van der Waals surface area contributed by atoms with Gasteiger partial charge in [-0.3, -0.25) is 4.79 Å². The molecule has 0 aliphatic carbocycles. The number of anilines is 1. The van der Waals surface area contributed by atoms with Crippen LogP contribution in [0.2, 0.25) is 0 Å². The van der Waals surface area contributed by atoms with E-state index in [1.807, 2.05) is 19.1 Å². The molecule has 0 bridgehead atoms. The fourth-order valence-electron chi connectivity index (χ4n) is 3.15. The van der Waals surface area contributed by atoms with Crippen LogP contribution in [0.1, 0.15) is 18.5 Å². The molecule has 0 unspecified atom stereocenters. The van der Waals surface area contributed by atoms with Crippen LogP contribution in [0.25, 0.3) is 0 Å². The lowest BCUT2D eigenvalue weighted by Gasteiger charge is -2.34. The summed E-state index contributed by atoms with van der Waals surface area (Å²) >= 11 is 0. The van der Waals surface area contributed by atoms with Crippen molar-refractivity contribution in [3.8, 4) is 0 Å². The zero-order chi connectivity index (χ0) is 15.0. The molecule has 2 aliphatic heterocycles. The van der Waals surface area contributed by atoms with Gasteiger partial charge in [-0.15, -0.1) is 5.10 Å². The van der Waals surface area contributed by atoms with E-state index >= 15 is 0 Å². The van der Waals surface area contributed by atoms with Crippen molar-refractivity contribution in [3.05, 3.63) is 17.8 Å². The number of hydrogen-bond acceptors (Lipinski definition) is 5. The van der Waals surface area contributed by atoms with Gasteiger partial charge in [0.25, 0.3) is 5.91 Å². The number of amides is 1. The van der Waals surface area contributed by atoms with Crippen molar-refractivity contribution in [3.63, 3.8) is 0 Å². The fraction of sp³-hybridized carbons (Fsp3) is 0.667. The van der Waals surface area contributed by atoms with E-state index in [2.05, 4.69) is 15.1 Å². The molecule has 3 heterocycles. The van der Waals surface area contributed by atoms with E-state index in [9.17, 15) is 4.79 Å². The van der Waals surface area contributed by atoms with E-state index in [0.717, 1.165) is 37.4 Å². The van der Waals surface area contributed by atoms with Gasteiger partial charge in [-0.2, -0.15) is 5.10 Å². The van der Waals surface area contributed by atoms with Crippen molar-refractivity contribution >= 4 is 11.7 Å². The van der Waals surface area contributed by atoms with Gasteiger partial charge in [0, 0.05) is 27.2 Å². The van der Waals surface area contributed by atoms with Gasteiger partial charge in [0.2, 0.25) is 0 Å². The highest BCUT2D eigenvalue weighted by Gasteiger charge is 2.42. The van der Waals surface area contributed by atoms with Gasteiger partial charge in [0.1, 0.15) is 6.10 Å². The number of hydrogen-bond donors (Lipinski definition) is 0. The molecule has 2 saturated heterocycles. The molecule has 0 N–H and O–H groups in total. The molecular formula is C15H22N4O2. The molecule has 1 amide bonds. The standard InChI is InChI=1S/C15H22N4O2/c1-10-4-5-14(17-16-10)19-7-6-11-8-12(15(20)18(2)3)21-13(11)9-19/h4-5,11-13H,6-9H2,1-3H3/t11-,12+,13+/m1/s1. The monoisotopic (exact) mass is 290 g/mol. The lowest BCUT2D eigenvalue weighted by molar-refractivity contribution is -0.140. The van der Waals surface area contributed by atoms with Crippen LogP contribution in [0.3, 0.4) is 0 Å². The van der Waals surface area contributed by atoms with Crippen LogP contribution in [0.4, 0.5) is 5.82 Å². The van der Waals surface area contributed by atoms with E-state index < -0.39 is 0 Å². The summed E-state index contributed by atoms with van der Waals surface area (Å²) in [6.07, 6.45) is 1.72. The first-order valence-corrected chi connectivity index (χ1v) is 7.46. The SMILES string of the molecule is Cc1ccc(N2CC[C@@H]3C[C@@H](C(=O)N(C)C)O[C@H]3C2)nn1. The van der Waals surface area contributed by atoms with E-state index in [1.165, 1.54) is 0 Å².